The maximum absolute atomic E-state index is 13.4. The predicted octanol–water partition coefficient (Wildman–Crippen LogP) is 2.72. The Balaban J connectivity index is 1.90. The number of carbonyl (C=O) groups excluding carboxylic acids is 3. The van der Waals surface area contributed by atoms with E-state index >= 15 is 0 Å². The highest BCUT2D eigenvalue weighted by Crippen LogP contribution is 2.15. The normalized spacial score (nSPS) is 10.0. The number of rotatable bonds is 5. The van der Waals surface area contributed by atoms with Gasteiger partial charge < -0.3 is 15.4 Å². The van der Waals surface area contributed by atoms with Crippen LogP contribution >= 0.6 is 0 Å². The van der Waals surface area contributed by atoms with Crippen molar-refractivity contribution >= 4 is 29.2 Å². The lowest BCUT2D eigenvalue weighted by Crippen LogP contribution is -2.22. The maximum atomic E-state index is 13.4. The summed E-state index contributed by atoms with van der Waals surface area (Å²) < 4.78 is 31.5. The van der Waals surface area contributed by atoms with Crippen LogP contribution in [0.2, 0.25) is 0 Å². The average Bonchev–Trinajstić information content (AvgIpc) is 2.54. The van der Waals surface area contributed by atoms with Gasteiger partial charge in [-0.15, -0.1) is 0 Å². The van der Waals surface area contributed by atoms with Crippen LogP contribution in [-0.2, 0) is 14.3 Å². The lowest BCUT2D eigenvalue weighted by molar-refractivity contribution is -0.119. The lowest BCUT2D eigenvalue weighted by Gasteiger charge is -2.08. The second kappa shape index (κ2) is 8.00. The highest BCUT2D eigenvalue weighted by atomic mass is 19.1. The predicted molar refractivity (Wildman–Crippen MR) is 86.0 cm³/mol. The van der Waals surface area contributed by atoms with Gasteiger partial charge in [-0.1, -0.05) is 6.07 Å². The number of ether oxygens (including phenoxy) is 1. The number of halogens is 2. The fourth-order valence-electron chi connectivity index (χ4n) is 1.93. The molecule has 2 N–H and O–H groups in total. The quantitative estimate of drug-likeness (QED) is 0.814. The molecule has 130 valence electrons. The van der Waals surface area contributed by atoms with Crippen molar-refractivity contribution in [3.8, 4) is 0 Å². The zero-order valence-corrected chi connectivity index (χ0v) is 13.1. The number of esters is 1. The molecular formula is C17H14F2N2O4. The molecule has 2 aromatic rings. The molecule has 0 bridgehead atoms. The third kappa shape index (κ3) is 5.10. The van der Waals surface area contributed by atoms with E-state index in [-0.39, 0.29) is 5.91 Å². The van der Waals surface area contributed by atoms with Gasteiger partial charge in [0.15, 0.2) is 6.61 Å². The van der Waals surface area contributed by atoms with Crippen LogP contribution in [0.5, 0.6) is 0 Å². The van der Waals surface area contributed by atoms with E-state index in [1.54, 1.807) is 12.1 Å². The van der Waals surface area contributed by atoms with Gasteiger partial charge in [-0.3, -0.25) is 9.59 Å². The van der Waals surface area contributed by atoms with Crippen molar-refractivity contribution < 1.29 is 27.9 Å². The van der Waals surface area contributed by atoms with E-state index in [9.17, 15) is 23.2 Å². The van der Waals surface area contributed by atoms with Gasteiger partial charge in [-0.05, 0) is 36.4 Å². The van der Waals surface area contributed by atoms with E-state index in [4.69, 9.17) is 0 Å². The highest BCUT2D eigenvalue weighted by Gasteiger charge is 2.19. The topological polar surface area (TPSA) is 84.5 Å². The van der Waals surface area contributed by atoms with E-state index < -0.39 is 35.7 Å². The number of benzene rings is 2. The van der Waals surface area contributed by atoms with Crippen LogP contribution < -0.4 is 10.6 Å². The molecule has 0 saturated heterocycles. The molecule has 0 saturated carbocycles. The zero-order valence-electron chi connectivity index (χ0n) is 13.1. The van der Waals surface area contributed by atoms with Crippen LogP contribution in [0.3, 0.4) is 0 Å². The van der Waals surface area contributed by atoms with Crippen molar-refractivity contribution in [3.63, 3.8) is 0 Å². The molecule has 0 aliphatic carbocycles. The Hall–Kier alpha value is -3.29. The van der Waals surface area contributed by atoms with Gasteiger partial charge in [0.2, 0.25) is 5.91 Å². The van der Waals surface area contributed by atoms with E-state index in [1.165, 1.54) is 19.1 Å². The molecule has 6 nitrogen and oxygen atoms in total. The van der Waals surface area contributed by atoms with Gasteiger partial charge in [0.05, 0.1) is 0 Å². The molecule has 2 amide bonds. The average molecular weight is 348 g/mol. The molecule has 0 aliphatic heterocycles. The number of anilines is 2. The van der Waals surface area contributed by atoms with Crippen molar-refractivity contribution in [2.75, 3.05) is 17.2 Å². The first-order chi connectivity index (χ1) is 11.9. The second-order valence-electron chi connectivity index (χ2n) is 4.98. The first kappa shape index (κ1) is 18.1. The number of hydrogen-bond acceptors (Lipinski definition) is 4. The third-order valence-corrected chi connectivity index (χ3v) is 2.99. The molecule has 2 aromatic carbocycles. The SMILES string of the molecule is CC(=O)Nc1ccc(NC(=O)COC(=O)c2c(F)cccc2F)cc1. The number of carbonyl (C=O) groups is 3. The summed E-state index contributed by atoms with van der Waals surface area (Å²) in [5.74, 6) is -4.33. The molecule has 0 atom stereocenters. The fourth-order valence-corrected chi connectivity index (χ4v) is 1.93. The third-order valence-electron chi connectivity index (χ3n) is 2.99. The van der Waals surface area contributed by atoms with Gasteiger partial charge in [0, 0.05) is 18.3 Å². The smallest absolute Gasteiger partial charge is 0.344 e. The summed E-state index contributed by atoms with van der Waals surface area (Å²) in [5, 5.41) is 5.00. The van der Waals surface area contributed by atoms with Gasteiger partial charge in [-0.25, -0.2) is 13.6 Å². The first-order valence-electron chi connectivity index (χ1n) is 7.15. The molecule has 8 heteroatoms. The van der Waals surface area contributed by atoms with Crippen molar-refractivity contribution in [1.29, 1.82) is 0 Å². The first-order valence-corrected chi connectivity index (χ1v) is 7.15. The monoisotopic (exact) mass is 348 g/mol. The van der Waals surface area contributed by atoms with Crippen LogP contribution in [0.1, 0.15) is 17.3 Å². The summed E-state index contributed by atoms with van der Waals surface area (Å²) >= 11 is 0. The lowest BCUT2D eigenvalue weighted by atomic mass is 10.2. The van der Waals surface area contributed by atoms with E-state index in [1.807, 2.05) is 0 Å². The molecular weight excluding hydrogens is 334 g/mol. The van der Waals surface area contributed by atoms with Gasteiger partial charge in [0.1, 0.15) is 17.2 Å². The van der Waals surface area contributed by atoms with E-state index in [0.717, 1.165) is 18.2 Å². The molecule has 0 unspecified atom stereocenters. The van der Waals surface area contributed by atoms with Crippen LogP contribution in [0, 0.1) is 11.6 Å². The number of amides is 2. The molecule has 2 rings (SSSR count). The number of nitrogens with one attached hydrogen (secondary N) is 2. The minimum absolute atomic E-state index is 0.232. The van der Waals surface area contributed by atoms with Gasteiger partial charge in [-0.2, -0.15) is 0 Å². The highest BCUT2D eigenvalue weighted by molar-refractivity contribution is 5.96. The standard InChI is InChI=1S/C17H14F2N2O4/c1-10(22)20-11-5-7-12(8-6-11)21-15(23)9-25-17(24)16-13(18)3-2-4-14(16)19/h2-8H,9H2,1H3,(H,20,22)(H,21,23). The molecule has 0 heterocycles. The van der Waals surface area contributed by atoms with Crippen LogP contribution in [-0.4, -0.2) is 24.4 Å². The minimum Gasteiger partial charge on any atom is -0.452 e. The Labute approximate surface area is 141 Å². The number of hydrogen-bond donors (Lipinski definition) is 2. The Kier molecular flexibility index (Phi) is 5.78. The zero-order chi connectivity index (χ0) is 18.4. The van der Waals surface area contributed by atoms with Gasteiger partial charge >= 0.3 is 5.97 Å². The van der Waals surface area contributed by atoms with Crippen molar-refractivity contribution in [3.05, 3.63) is 59.7 Å². The molecule has 0 aromatic heterocycles. The van der Waals surface area contributed by atoms with Crippen LogP contribution in [0.25, 0.3) is 0 Å². The molecule has 0 radical (unpaired) electrons. The summed E-state index contributed by atoms with van der Waals surface area (Å²) in [4.78, 5) is 34.3. The molecule has 0 fully saturated rings. The Morgan fingerprint density at radius 1 is 0.920 bits per heavy atom. The Morgan fingerprint density at radius 3 is 1.96 bits per heavy atom. The van der Waals surface area contributed by atoms with Crippen LogP contribution in [0.4, 0.5) is 20.2 Å². The van der Waals surface area contributed by atoms with Crippen molar-refractivity contribution in [1.82, 2.24) is 0 Å². The largest absolute Gasteiger partial charge is 0.452 e. The maximum Gasteiger partial charge on any atom is 0.344 e. The van der Waals surface area contributed by atoms with E-state index in [2.05, 4.69) is 15.4 Å². The fraction of sp³-hybridized carbons (Fsp3) is 0.118. The summed E-state index contributed by atoms with van der Waals surface area (Å²) in [6.07, 6.45) is 0. The summed E-state index contributed by atoms with van der Waals surface area (Å²) in [6.45, 7) is 0.655. The van der Waals surface area contributed by atoms with Crippen molar-refractivity contribution in [2.24, 2.45) is 0 Å². The Bertz CT molecular complexity index is 787. The van der Waals surface area contributed by atoms with Crippen molar-refractivity contribution in [2.45, 2.75) is 6.92 Å². The summed E-state index contributed by atoms with van der Waals surface area (Å²) in [6, 6.07) is 9.13. The van der Waals surface area contributed by atoms with Crippen LogP contribution in [0.15, 0.2) is 42.5 Å². The Morgan fingerprint density at radius 2 is 1.44 bits per heavy atom. The molecule has 25 heavy (non-hydrogen) atoms. The molecule has 0 aliphatic rings. The van der Waals surface area contributed by atoms with E-state index in [0.29, 0.717) is 11.4 Å². The second-order valence-corrected chi connectivity index (χ2v) is 4.98. The molecule has 0 spiro atoms. The summed E-state index contributed by atoms with van der Waals surface area (Å²) in [5.41, 5.74) is 0.0918. The summed E-state index contributed by atoms with van der Waals surface area (Å²) in [7, 11) is 0. The van der Waals surface area contributed by atoms with Gasteiger partial charge in [0.25, 0.3) is 5.91 Å². The minimum atomic E-state index is -1.27.